The fourth-order valence-electron chi connectivity index (χ4n) is 2.13. The maximum Gasteiger partial charge on any atom is 0.240 e. The van der Waals surface area contributed by atoms with Gasteiger partial charge < -0.3 is 16.0 Å². The molecule has 0 spiro atoms. The van der Waals surface area contributed by atoms with Crippen molar-refractivity contribution in [3.63, 3.8) is 0 Å². The van der Waals surface area contributed by atoms with Crippen LogP contribution in [0.1, 0.15) is 46.5 Å². The van der Waals surface area contributed by atoms with Gasteiger partial charge in [0.25, 0.3) is 0 Å². The molecule has 1 aliphatic heterocycles. The van der Waals surface area contributed by atoms with E-state index in [9.17, 15) is 9.59 Å². The topological polar surface area (TPSA) is 70.2 Å². The van der Waals surface area contributed by atoms with Crippen LogP contribution in [0.25, 0.3) is 0 Å². The van der Waals surface area contributed by atoms with E-state index in [4.69, 9.17) is 0 Å². The van der Waals surface area contributed by atoms with Crippen LogP contribution in [0.2, 0.25) is 0 Å². The van der Waals surface area contributed by atoms with Gasteiger partial charge in [-0.25, -0.2) is 0 Å². The normalized spacial score (nSPS) is 22.5. The highest BCUT2D eigenvalue weighted by Gasteiger charge is 2.33. The molecular weight excluding hydrogens is 266 g/mol. The third-order valence-corrected chi connectivity index (χ3v) is 3.21. The highest BCUT2D eigenvalue weighted by molar-refractivity contribution is 5.86. The average molecular weight is 292 g/mol. The molecule has 112 valence electrons. The number of hydrogen-bond donors (Lipinski definition) is 3. The second kappa shape index (κ2) is 8.38. The van der Waals surface area contributed by atoms with Gasteiger partial charge >= 0.3 is 0 Å². The first-order chi connectivity index (χ1) is 8.44. The Balaban J connectivity index is 0.00000324. The van der Waals surface area contributed by atoms with Crippen LogP contribution in [0.3, 0.4) is 0 Å². The van der Waals surface area contributed by atoms with Crippen LogP contribution in [-0.2, 0) is 9.59 Å². The van der Waals surface area contributed by atoms with Crippen molar-refractivity contribution in [3.8, 4) is 0 Å². The number of nitrogens with one attached hydrogen (secondary N) is 3. The Labute approximate surface area is 121 Å². The molecule has 19 heavy (non-hydrogen) atoms. The number of carbonyl (C=O) groups excluding carboxylic acids is 2. The van der Waals surface area contributed by atoms with Gasteiger partial charge in [0.1, 0.15) is 0 Å². The molecule has 3 N–H and O–H groups in total. The number of piperidine rings is 1. The molecule has 1 rings (SSSR count). The van der Waals surface area contributed by atoms with Gasteiger partial charge in [-0.15, -0.1) is 12.4 Å². The zero-order valence-electron chi connectivity index (χ0n) is 12.0. The molecule has 1 fully saturated rings. The van der Waals surface area contributed by atoms with E-state index < -0.39 is 5.54 Å². The second-order valence-electron chi connectivity index (χ2n) is 5.44. The number of hydrogen-bond acceptors (Lipinski definition) is 3. The van der Waals surface area contributed by atoms with E-state index in [0.717, 1.165) is 25.8 Å². The standard InChI is InChI=1S/C13H25N3O2.ClH/c1-10(2)16-11(17)6-9-14-12(18)13(3)7-4-5-8-15-13;/h10,15H,4-9H2,1-3H3,(H,14,18)(H,16,17);1H. The Kier molecular flexibility index (Phi) is 8.02. The van der Waals surface area contributed by atoms with Crippen molar-refractivity contribution >= 4 is 24.2 Å². The Hall–Kier alpha value is -0.810. The van der Waals surface area contributed by atoms with Crippen LogP contribution in [0.5, 0.6) is 0 Å². The lowest BCUT2D eigenvalue weighted by molar-refractivity contribution is -0.128. The monoisotopic (exact) mass is 291 g/mol. The molecule has 1 atom stereocenters. The molecule has 6 heteroatoms. The smallest absolute Gasteiger partial charge is 0.240 e. The van der Waals surface area contributed by atoms with Crippen LogP contribution in [-0.4, -0.2) is 36.5 Å². The third-order valence-electron chi connectivity index (χ3n) is 3.21. The van der Waals surface area contributed by atoms with Gasteiger partial charge in [0.15, 0.2) is 0 Å². The lowest BCUT2D eigenvalue weighted by Crippen LogP contribution is -2.57. The molecule has 0 saturated carbocycles. The average Bonchev–Trinajstić information content (AvgIpc) is 2.28. The van der Waals surface area contributed by atoms with E-state index in [1.807, 2.05) is 20.8 Å². The number of carbonyl (C=O) groups is 2. The lowest BCUT2D eigenvalue weighted by atomic mass is 9.90. The molecule has 0 aromatic rings. The van der Waals surface area contributed by atoms with Crippen molar-refractivity contribution in [2.24, 2.45) is 0 Å². The predicted molar refractivity (Wildman–Crippen MR) is 78.4 cm³/mol. The summed E-state index contributed by atoms with van der Waals surface area (Å²) in [4.78, 5) is 23.4. The number of rotatable bonds is 5. The van der Waals surface area contributed by atoms with Crippen molar-refractivity contribution in [1.82, 2.24) is 16.0 Å². The minimum absolute atomic E-state index is 0. The van der Waals surface area contributed by atoms with Crippen LogP contribution in [0, 0.1) is 0 Å². The van der Waals surface area contributed by atoms with E-state index in [1.54, 1.807) is 0 Å². The minimum atomic E-state index is -0.466. The van der Waals surface area contributed by atoms with Crippen molar-refractivity contribution in [1.29, 1.82) is 0 Å². The molecule has 5 nitrogen and oxygen atoms in total. The van der Waals surface area contributed by atoms with Gasteiger partial charge in [-0.05, 0) is 46.6 Å². The maximum absolute atomic E-state index is 12.0. The summed E-state index contributed by atoms with van der Waals surface area (Å²) in [7, 11) is 0. The number of amides is 2. The first-order valence-electron chi connectivity index (χ1n) is 6.77. The molecule has 0 aromatic carbocycles. The lowest BCUT2D eigenvalue weighted by Gasteiger charge is -2.33. The first-order valence-corrected chi connectivity index (χ1v) is 6.77. The summed E-state index contributed by atoms with van der Waals surface area (Å²) < 4.78 is 0. The molecule has 0 bridgehead atoms. The largest absolute Gasteiger partial charge is 0.354 e. The van der Waals surface area contributed by atoms with Crippen molar-refractivity contribution < 1.29 is 9.59 Å². The molecule has 0 aliphatic carbocycles. The molecule has 0 aromatic heterocycles. The quantitative estimate of drug-likeness (QED) is 0.707. The second-order valence-corrected chi connectivity index (χ2v) is 5.44. The molecule has 1 unspecified atom stereocenters. The summed E-state index contributed by atoms with van der Waals surface area (Å²) in [6.07, 6.45) is 3.39. The molecular formula is C13H26ClN3O2. The van der Waals surface area contributed by atoms with Gasteiger partial charge in [-0.2, -0.15) is 0 Å². The Bertz CT molecular complexity index is 302. The zero-order chi connectivity index (χ0) is 13.6. The first kappa shape index (κ1) is 18.2. The highest BCUT2D eigenvalue weighted by Crippen LogP contribution is 2.18. The molecule has 1 aliphatic rings. The van der Waals surface area contributed by atoms with Gasteiger partial charge in [-0.3, -0.25) is 9.59 Å². The van der Waals surface area contributed by atoms with E-state index in [1.165, 1.54) is 0 Å². The minimum Gasteiger partial charge on any atom is -0.354 e. The third kappa shape index (κ3) is 6.25. The summed E-state index contributed by atoms with van der Waals surface area (Å²) in [6.45, 7) is 7.05. The fraction of sp³-hybridized carbons (Fsp3) is 0.846. The van der Waals surface area contributed by atoms with Gasteiger partial charge in [0.2, 0.25) is 11.8 Å². The number of halogens is 1. The van der Waals surface area contributed by atoms with Crippen molar-refractivity contribution in [3.05, 3.63) is 0 Å². The van der Waals surface area contributed by atoms with Crippen LogP contribution < -0.4 is 16.0 Å². The summed E-state index contributed by atoms with van der Waals surface area (Å²) in [5.74, 6) is -0.0217. The van der Waals surface area contributed by atoms with E-state index in [-0.39, 0.29) is 30.3 Å². The SMILES string of the molecule is CC(C)NC(=O)CCNC(=O)C1(C)CCCCN1.Cl. The van der Waals surface area contributed by atoms with Gasteiger partial charge in [0, 0.05) is 19.0 Å². The summed E-state index contributed by atoms with van der Waals surface area (Å²) in [5.41, 5.74) is -0.466. The van der Waals surface area contributed by atoms with Crippen molar-refractivity contribution in [2.45, 2.75) is 58.0 Å². The highest BCUT2D eigenvalue weighted by atomic mass is 35.5. The van der Waals surface area contributed by atoms with Gasteiger partial charge in [0.05, 0.1) is 5.54 Å². The van der Waals surface area contributed by atoms with Crippen LogP contribution in [0.15, 0.2) is 0 Å². The van der Waals surface area contributed by atoms with Crippen molar-refractivity contribution in [2.75, 3.05) is 13.1 Å². The maximum atomic E-state index is 12.0. The molecule has 0 radical (unpaired) electrons. The zero-order valence-corrected chi connectivity index (χ0v) is 12.9. The Morgan fingerprint density at radius 2 is 2.00 bits per heavy atom. The predicted octanol–water partition coefficient (Wildman–Crippen LogP) is 0.971. The summed E-state index contributed by atoms with van der Waals surface area (Å²) >= 11 is 0. The van der Waals surface area contributed by atoms with E-state index >= 15 is 0 Å². The Morgan fingerprint density at radius 1 is 1.32 bits per heavy atom. The Morgan fingerprint density at radius 3 is 2.53 bits per heavy atom. The summed E-state index contributed by atoms with van der Waals surface area (Å²) in [6, 6.07) is 0.144. The molecule has 2 amide bonds. The van der Waals surface area contributed by atoms with E-state index in [2.05, 4.69) is 16.0 Å². The fourth-order valence-corrected chi connectivity index (χ4v) is 2.13. The van der Waals surface area contributed by atoms with Crippen LogP contribution in [0.4, 0.5) is 0 Å². The summed E-state index contributed by atoms with van der Waals surface area (Å²) in [5, 5.41) is 8.89. The van der Waals surface area contributed by atoms with Crippen LogP contribution >= 0.6 is 12.4 Å². The molecule has 1 heterocycles. The van der Waals surface area contributed by atoms with Gasteiger partial charge in [-0.1, -0.05) is 0 Å². The molecule has 1 saturated heterocycles. The van der Waals surface area contributed by atoms with E-state index in [0.29, 0.717) is 13.0 Å².